The Morgan fingerprint density at radius 1 is 0.952 bits per heavy atom. The number of Topliss-reactive ketones (excluding diaryl/α,β-unsaturated/α-hetero) is 1. The lowest BCUT2D eigenvalue weighted by Gasteiger charge is -2.44. The molecule has 1 fully saturated rings. The number of hydrogen-bond acceptors (Lipinski definition) is 13. The molecule has 4 aliphatic heterocycles. The van der Waals surface area contributed by atoms with Crippen molar-refractivity contribution in [3.8, 4) is 17.2 Å². The van der Waals surface area contributed by atoms with E-state index in [2.05, 4.69) is 31.5 Å². The van der Waals surface area contributed by atoms with Gasteiger partial charge in [-0.3, -0.25) is 28.8 Å². The molecule has 4 heterocycles. The van der Waals surface area contributed by atoms with Gasteiger partial charge in [0.1, 0.15) is 42.4 Å². The summed E-state index contributed by atoms with van der Waals surface area (Å²) in [7, 11) is 2.01. The smallest absolute Gasteiger partial charge is 0.255 e. The molecule has 336 valence electrons. The zero-order chi connectivity index (χ0) is 44.8. The maximum absolute atomic E-state index is 15.8. The van der Waals surface area contributed by atoms with Crippen LogP contribution in [-0.2, 0) is 25.6 Å². The summed E-state index contributed by atoms with van der Waals surface area (Å²) in [5.74, 6) is -4.29. The first-order valence-electron chi connectivity index (χ1n) is 21.2. The number of likely N-dealkylation sites (N-methyl/N-ethyl adjacent to an activating group) is 1. The normalized spacial score (nSPS) is 21.9. The molecular formula is C44H54FN9O9. The second kappa shape index (κ2) is 19.7. The van der Waals surface area contributed by atoms with Crippen LogP contribution >= 0.6 is 0 Å². The molecule has 4 aliphatic rings. The van der Waals surface area contributed by atoms with Gasteiger partial charge in [0, 0.05) is 69.9 Å². The molecule has 7 rings (SSSR count). The first-order valence-corrected chi connectivity index (χ1v) is 21.2. The van der Waals surface area contributed by atoms with Crippen LogP contribution in [0.2, 0.25) is 0 Å². The third-order valence-corrected chi connectivity index (χ3v) is 11.7. The molecule has 0 radical (unpaired) electrons. The molecule has 1 saturated heterocycles. The second-order valence-corrected chi connectivity index (χ2v) is 16.3. The van der Waals surface area contributed by atoms with E-state index >= 15 is 4.39 Å². The molecule has 3 aromatic carbocycles. The van der Waals surface area contributed by atoms with Crippen molar-refractivity contribution >= 4 is 52.4 Å². The van der Waals surface area contributed by atoms with E-state index in [1.165, 1.54) is 36.4 Å². The SMILES string of the molecule is CC1COc2c(N3CCN(C)CC3)c(F)cc3c2N1CC(C(=O)NCCC(=O)Nc1ccc2c(c1)C(=O)NCCC(=O)N[C@@H](CCN)C(=O)N[C@H](Cc1ccc(O)cc1)CO2)C3=O. The Hall–Kier alpha value is -6.47. The van der Waals surface area contributed by atoms with Crippen LogP contribution in [0.25, 0.3) is 0 Å². The fourth-order valence-corrected chi connectivity index (χ4v) is 8.20. The lowest BCUT2D eigenvalue weighted by atomic mass is 9.87. The summed E-state index contributed by atoms with van der Waals surface area (Å²) >= 11 is 0. The summed E-state index contributed by atoms with van der Waals surface area (Å²) in [5, 5.41) is 23.5. The highest BCUT2D eigenvalue weighted by atomic mass is 19.1. The van der Waals surface area contributed by atoms with Crippen LogP contribution in [0, 0.1) is 11.7 Å². The number of nitrogens with one attached hydrogen (secondary N) is 5. The van der Waals surface area contributed by atoms with Gasteiger partial charge >= 0.3 is 0 Å². The van der Waals surface area contributed by atoms with Gasteiger partial charge < -0.3 is 61.6 Å². The largest absolute Gasteiger partial charge is 0.508 e. The fourth-order valence-electron chi connectivity index (χ4n) is 8.20. The number of aromatic hydroxyl groups is 1. The number of amides is 5. The van der Waals surface area contributed by atoms with Gasteiger partial charge in [-0.2, -0.15) is 0 Å². The Labute approximate surface area is 364 Å². The van der Waals surface area contributed by atoms with E-state index in [0.29, 0.717) is 30.2 Å². The lowest BCUT2D eigenvalue weighted by molar-refractivity contribution is -0.129. The van der Waals surface area contributed by atoms with Crippen molar-refractivity contribution in [2.75, 3.05) is 87.7 Å². The van der Waals surface area contributed by atoms with Crippen LogP contribution in [0.4, 0.5) is 21.5 Å². The molecule has 19 heteroatoms. The zero-order valence-corrected chi connectivity index (χ0v) is 35.3. The van der Waals surface area contributed by atoms with Gasteiger partial charge in [0.15, 0.2) is 17.3 Å². The van der Waals surface area contributed by atoms with Crippen LogP contribution in [-0.4, -0.2) is 136 Å². The summed E-state index contributed by atoms with van der Waals surface area (Å²) in [4.78, 5) is 86.2. The van der Waals surface area contributed by atoms with Gasteiger partial charge in [0.05, 0.1) is 23.3 Å². The number of phenolic OH excluding ortho intramolecular Hbond substituents is 1. The van der Waals surface area contributed by atoms with Crippen molar-refractivity contribution < 1.29 is 47.7 Å². The number of halogens is 1. The highest BCUT2D eigenvalue weighted by Gasteiger charge is 2.44. The summed E-state index contributed by atoms with van der Waals surface area (Å²) in [6.07, 6.45) is 0.164. The predicted molar refractivity (Wildman–Crippen MR) is 231 cm³/mol. The van der Waals surface area contributed by atoms with E-state index in [1.807, 2.05) is 23.8 Å². The zero-order valence-electron chi connectivity index (χ0n) is 35.3. The van der Waals surface area contributed by atoms with Crippen molar-refractivity contribution in [3.63, 3.8) is 0 Å². The third kappa shape index (κ3) is 10.4. The molecule has 3 aromatic rings. The van der Waals surface area contributed by atoms with Crippen LogP contribution in [0.15, 0.2) is 48.5 Å². The van der Waals surface area contributed by atoms with Crippen molar-refractivity contribution in [1.82, 2.24) is 26.2 Å². The van der Waals surface area contributed by atoms with E-state index in [-0.39, 0.29) is 99.4 Å². The predicted octanol–water partition coefficient (Wildman–Crippen LogP) is 0.901. The molecule has 0 saturated carbocycles. The highest BCUT2D eigenvalue weighted by molar-refractivity contribution is 6.16. The Kier molecular flexibility index (Phi) is 13.9. The van der Waals surface area contributed by atoms with Gasteiger partial charge in [-0.05, 0) is 75.3 Å². The van der Waals surface area contributed by atoms with E-state index < -0.39 is 59.1 Å². The van der Waals surface area contributed by atoms with Crippen molar-refractivity contribution in [2.24, 2.45) is 11.7 Å². The average Bonchev–Trinajstić information content (AvgIpc) is 3.25. The number of hydrogen-bond donors (Lipinski definition) is 7. The van der Waals surface area contributed by atoms with Crippen LogP contribution in [0.3, 0.4) is 0 Å². The number of carbonyl (C=O) groups is 6. The Morgan fingerprint density at radius 2 is 1.71 bits per heavy atom. The molecule has 63 heavy (non-hydrogen) atoms. The number of anilines is 3. The number of nitrogens with two attached hydrogens (primary N) is 1. The van der Waals surface area contributed by atoms with Gasteiger partial charge in [-0.25, -0.2) is 4.39 Å². The lowest BCUT2D eigenvalue weighted by Crippen LogP contribution is -2.53. The summed E-state index contributed by atoms with van der Waals surface area (Å²) in [6, 6.07) is 10.4. The Morgan fingerprint density at radius 3 is 2.46 bits per heavy atom. The quantitative estimate of drug-likeness (QED) is 0.141. The maximum atomic E-state index is 15.8. The number of ether oxygens (including phenoxy) is 2. The van der Waals surface area contributed by atoms with Crippen molar-refractivity contribution in [3.05, 3.63) is 71.0 Å². The minimum atomic E-state index is -1.14. The molecular weight excluding hydrogens is 818 g/mol. The number of carbonyl (C=O) groups excluding carboxylic acids is 6. The number of piperazine rings is 1. The van der Waals surface area contributed by atoms with Crippen LogP contribution in [0.5, 0.6) is 17.2 Å². The molecule has 5 amide bonds. The molecule has 0 spiro atoms. The standard InChI is InChI=1S/C44H54FN9O9/c1-25-23-63-41-38-31(21-33(45)39(41)53-17-15-52(2)16-18-53)40(58)32(22-54(25)38)43(60)48-13-10-36(56)49-27-5-8-35-30(20-27)42(59)47-14-11-37(57)51-34(9-12-46)44(61)50-28(24-62-35)19-26-3-6-29(55)7-4-26/h3-8,20-21,25,28,32,34,55H,9-19,22-24,46H2,1-2H3,(H,47,59)(H,48,60)(H,49,56)(H,50,61)(H,51,57)/t25?,28-,32?,34+/m1/s1. The monoisotopic (exact) mass is 871 g/mol. The van der Waals surface area contributed by atoms with Crippen LogP contribution in [0.1, 0.15) is 52.5 Å². The Balaban J connectivity index is 1.00. The number of phenols is 1. The number of benzene rings is 3. The van der Waals surface area contributed by atoms with E-state index in [1.54, 1.807) is 12.1 Å². The van der Waals surface area contributed by atoms with E-state index in [9.17, 15) is 33.9 Å². The van der Waals surface area contributed by atoms with E-state index in [0.717, 1.165) is 18.7 Å². The summed E-state index contributed by atoms with van der Waals surface area (Å²) in [6.45, 7) is 4.83. The minimum absolute atomic E-state index is 0.0537. The number of rotatable bonds is 10. The molecule has 0 bridgehead atoms. The molecule has 8 N–H and O–H groups in total. The number of fused-ring (bicyclic) bond motifs is 1. The van der Waals surface area contributed by atoms with Gasteiger partial charge in [-0.1, -0.05) is 12.1 Å². The Bertz CT molecular complexity index is 2230. The van der Waals surface area contributed by atoms with Crippen LogP contribution < -0.4 is 51.6 Å². The second-order valence-electron chi connectivity index (χ2n) is 16.3. The average molecular weight is 872 g/mol. The highest BCUT2D eigenvalue weighted by Crippen LogP contribution is 2.49. The third-order valence-electron chi connectivity index (χ3n) is 11.7. The minimum Gasteiger partial charge on any atom is -0.508 e. The van der Waals surface area contributed by atoms with Crippen molar-refractivity contribution in [2.45, 2.75) is 50.7 Å². The fraction of sp³-hybridized carbons (Fsp3) is 0.455. The molecule has 18 nitrogen and oxygen atoms in total. The summed E-state index contributed by atoms with van der Waals surface area (Å²) in [5.41, 5.74) is 7.73. The first-order chi connectivity index (χ1) is 30.3. The van der Waals surface area contributed by atoms with Gasteiger partial charge in [0.2, 0.25) is 23.6 Å². The summed E-state index contributed by atoms with van der Waals surface area (Å²) < 4.78 is 28.0. The topological polar surface area (TPSA) is 237 Å². The van der Waals surface area contributed by atoms with Gasteiger partial charge in [-0.15, -0.1) is 0 Å². The molecule has 0 aliphatic carbocycles. The maximum Gasteiger partial charge on any atom is 0.255 e. The van der Waals surface area contributed by atoms with E-state index in [4.69, 9.17) is 15.2 Å². The molecule has 4 atom stereocenters. The number of nitrogens with zero attached hydrogens (tertiary/aromatic N) is 3. The first kappa shape index (κ1) is 44.6. The molecule has 2 unspecified atom stereocenters. The van der Waals surface area contributed by atoms with Gasteiger partial charge in [0.25, 0.3) is 5.91 Å². The van der Waals surface area contributed by atoms with Crippen molar-refractivity contribution in [1.29, 1.82) is 0 Å². The molecule has 0 aromatic heterocycles. The number of ketones is 1.